The first-order chi connectivity index (χ1) is 8.46. The molecular formula is C14H26F2O2. The van der Waals surface area contributed by atoms with Crippen LogP contribution in [0.25, 0.3) is 0 Å². The van der Waals surface area contributed by atoms with Gasteiger partial charge in [-0.15, -0.1) is 0 Å². The quantitative estimate of drug-likeness (QED) is 0.426. The molecule has 0 aliphatic heterocycles. The average Bonchev–Trinajstić information content (AvgIpc) is 2.33. The highest BCUT2D eigenvalue weighted by atomic mass is 19.3. The van der Waals surface area contributed by atoms with Crippen molar-refractivity contribution in [3.63, 3.8) is 0 Å². The number of halogens is 2. The van der Waals surface area contributed by atoms with Gasteiger partial charge in [0.2, 0.25) is 0 Å². The van der Waals surface area contributed by atoms with Crippen molar-refractivity contribution in [1.29, 1.82) is 0 Å². The summed E-state index contributed by atoms with van der Waals surface area (Å²) in [6.45, 7) is 5.09. The Morgan fingerprint density at radius 3 is 2.22 bits per heavy atom. The number of unbranched alkanes of at least 4 members (excludes halogenated alkanes) is 5. The summed E-state index contributed by atoms with van der Waals surface area (Å²) < 4.78 is 31.5. The molecule has 4 heteroatoms. The van der Waals surface area contributed by atoms with E-state index >= 15 is 0 Å². The van der Waals surface area contributed by atoms with E-state index in [2.05, 4.69) is 11.7 Å². The van der Waals surface area contributed by atoms with Gasteiger partial charge in [0.1, 0.15) is 0 Å². The van der Waals surface area contributed by atoms with Crippen molar-refractivity contribution < 1.29 is 18.3 Å². The second-order valence-electron chi connectivity index (χ2n) is 4.80. The van der Waals surface area contributed by atoms with Gasteiger partial charge >= 0.3 is 11.9 Å². The van der Waals surface area contributed by atoms with Crippen molar-refractivity contribution in [2.24, 2.45) is 5.92 Å². The minimum absolute atomic E-state index is 0.00182. The smallest absolute Gasteiger partial charge is 0.377 e. The SMILES string of the molecule is CCCCCCCCC(C)C(F)(F)C(=O)OCC. The highest BCUT2D eigenvalue weighted by Crippen LogP contribution is 2.30. The summed E-state index contributed by atoms with van der Waals surface area (Å²) in [6, 6.07) is 0. The van der Waals surface area contributed by atoms with Crippen LogP contribution in [-0.2, 0) is 9.53 Å². The summed E-state index contributed by atoms with van der Waals surface area (Å²) >= 11 is 0. The lowest BCUT2D eigenvalue weighted by Crippen LogP contribution is -2.37. The lowest BCUT2D eigenvalue weighted by Gasteiger charge is -2.21. The average molecular weight is 264 g/mol. The number of rotatable bonds is 10. The van der Waals surface area contributed by atoms with E-state index in [4.69, 9.17) is 0 Å². The van der Waals surface area contributed by atoms with E-state index in [9.17, 15) is 13.6 Å². The highest BCUT2D eigenvalue weighted by Gasteiger charge is 2.45. The summed E-state index contributed by atoms with van der Waals surface area (Å²) in [5.74, 6) is -5.68. The normalized spacial score (nSPS) is 13.4. The van der Waals surface area contributed by atoms with Crippen molar-refractivity contribution in [2.75, 3.05) is 6.61 Å². The van der Waals surface area contributed by atoms with E-state index in [1.807, 2.05) is 0 Å². The van der Waals surface area contributed by atoms with Gasteiger partial charge < -0.3 is 4.74 Å². The molecule has 1 atom stereocenters. The lowest BCUT2D eigenvalue weighted by atomic mass is 9.96. The summed E-state index contributed by atoms with van der Waals surface area (Å²) in [4.78, 5) is 11.1. The van der Waals surface area contributed by atoms with Crippen LogP contribution in [0.1, 0.15) is 65.7 Å². The van der Waals surface area contributed by atoms with Crippen LogP contribution in [0.3, 0.4) is 0 Å². The van der Waals surface area contributed by atoms with Gasteiger partial charge in [0.15, 0.2) is 0 Å². The molecule has 0 aromatic carbocycles. The van der Waals surface area contributed by atoms with Gasteiger partial charge in [-0.1, -0.05) is 52.4 Å². The Labute approximate surface area is 109 Å². The molecule has 0 aromatic rings. The van der Waals surface area contributed by atoms with Crippen molar-refractivity contribution in [3.05, 3.63) is 0 Å². The second-order valence-corrected chi connectivity index (χ2v) is 4.80. The summed E-state index contributed by atoms with van der Waals surface area (Å²) in [5.41, 5.74) is 0. The van der Waals surface area contributed by atoms with Crippen molar-refractivity contribution in [3.8, 4) is 0 Å². The van der Waals surface area contributed by atoms with Crippen LogP contribution in [-0.4, -0.2) is 18.5 Å². The van der Waals surface area contributed by atoms with E-state index in [1.165, 1.54) is 33.1 Å². The van der Waals surface area contributed by atoms with Gasteiger partial charge in [-0.2, -0.15) is 8.78 Å². The molecule has 108 valence electrons. The number of alkyl halides is 2. The summed E-state index contributed by atoms with van der Waals surface area (Å²) in [6.07, 6.45) is 6.72. The number of hydrogen-bond donors (Lipinski definition) is 0. The molecular weight excluding hydrogens is 238 g/mol. The molecule has 0 amide bonds. The van der Waals surface area contributed by atoms with Crippen LogP contribution in [0.15, 0.2) is 0 Å². The third-order valence-electron chi connectivity index (χ3n) is 3.16. The molecule has 0 heterocycles. The van der Waals surface area contributed by atoms with Crippen LogP contribution >= 0.6 is 0 Å². The predicted octanol–water partition coefficient (Wildman–Crippen LogP) is 4.57. The van der Waals surface area contributed by atoms with E-state index in [0.717, 1.165) is 19.3 Å². The molecule has 0 radical (unpaired) electrons. The zero-order chi connectivity index (χ0) is 14.0. The minimum Gasteiger partial charge on any atom is -0.462 e. The van der Waals surface area contributed by atoms with Crippen molar-refractivity contribution in [2.45, 2.75) is 71.6 Å². The van der Waals surface area contributed by atoms with E-state index < -0.39 is 17.8 Å². The molecule has 1 unspecified atom stereocenters. The van der Waals surface area contributed by atoms with Crippen LogP contribution < -0.4 is 0 Å². The number of carbonyl (C=O) groups is 1. The maximum Gasteiger partial charge on any atom is 0.377 e. The fourth-order valence-electron chi connectivity index (χ4n) is 1.84. The number of carbonyl (C=O) groups excluding carboxylic acids is 1. The number of ether oxygens (including phenoxy) is 1. The Hall–Kier alpha value is -0.670. The summed E-state index contributed by atoms with van der Waals surface area (Å²) in [5, 5.41) is 0. The maximum absolute atomic E-state index is 13.6. The van der Waals surface area contributed by atoms with E-state index in [-0.39, 0.29) is 6.61 Å². The Bertz CT molecular complexity index is 230. The Kier molecular flexibility index (Phi) is 8.94. The van der Waals surface area contributed by atoms with Crippen LogP contribution in [0.4, 0.5) is 8.78 Å². The minimum atomic E-state index is -3.35. The second kappa shape index (κ2) is 9.29. The third-order valence-corrected chi connectivity index (χ3v) is 3.16. The predicted molar refractivity (Wildman–Crippen MR) is 68.7 cm³/mol. The number of hydrogen-bond acceptors (Lipinski definition) is 2. The standard InChI is InChI=1S/C14H26F2O2/c1-4-6-7-8-9-10-11-12(3)14(15,16)13(17)18-5-2/h12H,4-11H2,1-3H3. The monoisotopic (exact) mass is 264 g/mol. The first-order valence-electron chi connectivity index (χ1n) is 7.01. The van der Waals surface area contributed by atoms with Gasteiger partial charge in [-0.3, -0.25) is 0 Å². The van der Waals surface area contributed by atoms with E-state index in [1.54, 1.807) is 0 Å². The zero-order valence-corrected chi connectivity index (χ0v) is 11.8. The fourth-order valence-corrected chi connectivity index (χ4v) is 1.84. The third kappa shape index (κ3) is 6.31. The molecule has 0 aliphatic rings. The summed E-state index contributed by atoms with van der Waals surface area (Å²) in [7, 11) is 0. The van der Waals surface area contributed by atoms with Crippen LogP contribution in [0.2, 0.25) is 0 Å². The molecule has 0 aromatic heterocycles. The molecule has 0 bridgehead atoms. The molecule has 0 spiro atoms. The topological polar surface area (TPSA) is 26.3 Å². The van der Waals surface area contributed by atoms with Gasteiger partial charge in [-0.05, 0) is 13.3 Å². The first-order valence-corrected chi connectivity index (χ1v) is 7.01. The molecule has 2 nitrogen and oxygen atoms in total. The highest BCUT2D eigenvalue weighted by molar-refractivity contribution is 5.77. The van der Waals surface area contributed by atoms with Gasteiger partial charge in [0, 0.05) is 5.92 Å². The Balaban J connectivity index is 3.85. The van der Waals surface area contributed by atoms with Gasteiger partial charge in [0.05, 0.1) is 6.61 Å². The van der Waals surface area contributed by atoms with Gasteiger partial charge in [-0.25, -0.2) is 4.79 Å². The Morgan fingerprint density at radius 2 is 1.67 bits per heavy atom. The molecule has 0 N–H and O–H groups in total. The molecule has 18 heavy (non-hydrogen) atoms. The number of esters is 1. The van der Waals surface area contributed by atoms with Crippen LogP contribution in [0, 0.1) is 5.92 Å². The van der Waals surface area contributed by atoms with Gasteiger partial charge in [0.25, 0.3) is 0 Å². The molecule has 0 saturated carbocycles. The lowest BCUT2D eigenvalue weighted by molar-refractivity contribution is -0.179. The van der Waals surface area contributed by atoms with Crippen LogP contribution in [0.5, 0.6) is 0 Å². The molecule has 0 fully saturated rings. The molecule has 0 saturated heterocycles. The molecule has 0 aliphatic carbocycles. The maximum atomic E-state index is 13.6. The fraction of sp³-hybridized carbons (Fsp3) is 0.929. The Morgan fingerprint density at radius 1 is 1.11 bits per heavy atom. The van der Waals surface area contributed by atoms with Crippen molar-refractivity contribution in [1.82, 2.24) is 0 Å². The first kappa shape index (κ1) is 17.3. The zero-order valence-electron chi connectivity index (χ0n) is 11.8. The van der Waals surface area contributed by atoms with Crippen molar-refractivity contribution >= 4 is 5.97 Å². The van der Waals surface area contributed by atoms with E-state index in [0.29, 0.717) is 6.42 Å². The largest absolute Gasteiger partial charge is 0.462 e. The molecule has 0 rings (SSSR count).